The first-order chi connectivity index (χ1) is 8.91. The number of primary amides is 1. The number of anilines is 1. The lowest BCUT2D eigenvalue weighted by Crippen LogP contribution is -2.29. The van der Waals surface area contributed by atoms with E-state index in [1.165, 1.54) is 13.2 Å². The van der Waals surface area contributed by atoms with Crippen LogP contribution in [0.15, 0.2) is 6.07 Å². The Balaban J connectivity index is 2.01. The fraction of sp³-hybridized carbons (Fsp3) is 0.600. The topological polar surface area (TPSA) is 127 Å². The summed E-state index contributed by atoms with van der Waals surface area (Å²) in [5, 5.41) is 6.01. The molecule has 2 rings (SSSR count). The highest BCUT2D eigenvalue weighted by atomic mass is 32.2. The maximum atomic E-state index is 11.9. The molecule has 0 saturated heterocycles. The second kappa shape index (κ2) is 5.17. The van der Waals surface area contributed by atoms with E-state index < -0.39 is 15.9 Å². The van der Waals surface area contributed by atoms with Gasteiger partial charge in [0, 0.05) is 13.2 Å². The molecule has 106 valence electrons. The van der Waals surface area contributed by atoms with Gasteiger partial charge in [0.05, 0.1) is 11.9 Å². The Kier molecular flexibility index (Phi) is 3.76. The minimum atomic E-state index is -3.57. The van der Waals surface area contributed by atoms with Crippen molar-refractivity contribution in [3.05, 3.63) is 11.8 Å². The van der Waals surface area contributed by atoms with E-state index in [0.29, 0.717) is 5.92 Å². The van der Waals surface area contributed by atoms with Gasteiger partial charge in [-0.1, -0.05) is 0 Å². The molecule has 1 amide bonds. The molecule has 0 bridgehead atoms. The Bertz CT molecular complexity index is 564. The molecule has 1 unspecified atom stereocenters. The van der Waals surface area contributed by atoms with Crippen LogP contribution in [0.1, 0.15) is 23.3 Å². The van der Waals surface area contributed by atoms with Crippen molar-refractivity contribution in [3.63, 3.8) is 0 Å². The van der Waals surface area contributed by atoms with Crippen LogP contribution in [0.5, 0.6) is 0 Å². The highest BCUT2D eigenvalue weighted by Gasteiger charge is 2.34. The van der Waals surface area contributed by atoms with Crippen molar-refractivity contribution in [2.75, 3.05) is 17.6 Å². The van der Waals surface area contributed by atoms with Crippen LogP contribution in [-0.2, 0) is 14.8 Å². The second-order valence-electron chi connectivity index (χ2n) is 4.53. The molecular weight excluding hydrogens is 272 g/mol. The number of rotatable bonds is 7. The molecular formula is C10H16N4O4S. The van der Waals surface area contributed by atoms with Crippen LogP contribution < -0.4 is 10.5 Å². The monoisotopic (exact) mass is 288 g/mol. The van der Waals surface area contributed by atoms with Crippen LogP contribution in [0.4, 0.5) is 5.82 Å². The van der Waals surface area contributed by atoms with Crippen molar-refractivity contribution in [2.24, 2.45) is 11.7 Å². The number of sulfonamides is 1. The van der Waals surface area contributed by atoms with E-state index in [0.717, 1.165) is 12.8 Å². The van der Waals surface area contributed by atoms with Crippen molar-refractivity contribution in [3.8, 4) is 0 Å². The van der Waals surface area contributed by atoms with Gasteiger partial charge in [0.25, 0.3) is 5.91 Å². The first-order valence-corrected chi connectivity index (χ1v) is 7.45. The van der Waals surface area contributed by atoms with Gasteiger partial charge in [0.15, 0.2) is 5.82 Å². The van der Waals surface area contributed by atoms with Gasteiger partial charge < -0.3 is 10.5 Å². The van der Waals surface area contributed by atoms with Gasteiger partial charge in [0.2, 0.25) is 10.0 Å². The van der Waals surface area contributed by atoms with Gasteiger partial charge >= 0.3 is 0 Å². The Morgan fingerprint density at radius 3 is 2.84 bits per heavy atom. The number of nitrogens with two attached hydrogens (primary N) is 1. The molecule has 4 N–H and O–H groups in total. The molecule has 9 heteroatoms. The SMILES string of the molecule is COC(CS(=O)(=O)Nc1cc(C(N)=O)[nH]n1)C1CC1. The van der Waals surface area contributed by atoms with Crippen molar-refractivity contribution in [2.45, 2.75) is 18.9 Å². The maximum Gasteiger partial charge on any atom is 0.266 e. The summed E-state index contributed by atoms with van der Waals surface area (Å²) in [7, 11) is -2.07. The number of carbonyl (C=O) groups excluding carboxylic acids is 1. The van der Waals surface area contributed by atoms with Crippen molar-refractivity contribution in [1.29, 1.82) is 0 Å². The Hall–Kier alpha value is -1.61. The van der Waals surface area contributed by atoms with Crippen LogP contribution in [0, 0.1) is 5.92 Å². The summed E-state index contributed by atoms with van der Waals surface area (Å²) >= 11 is 0. The van der Waals surface area contributed by atoms with Crippen molar-refractivity contribution in [1.82, 2.24) is 10.2 Å². The number of nitrogens with one attached hydrogen (secondary N) is 2. The van der Waals surface area contributed by atoms with Crippen LogP contribution in [0.3, 0.4) is 0 Å². The number of aromatic nitrogens is 2. The van der Waals surface area contributed by atoms with E-state index >= 15 is 0 Å². The van der Waals surface area contributed by atoms with Crippen molar-refractivity contribution < 1.29 is 17.9 Å². The third-order valence-corrected chi connectivity index (χ3v) is 4.23. The molecule has 1 saturated carbocycles. The number of nitrogens with zero attached hydrogens (tertiary/aromatic N) is 1. The van der Waals surface area contributed by atoms with Gasteiger partial charge in [-0.3, -0.25) is 14.6 Å². The number of amides is 1. The van der Waals surface area contributed by atoms with Crippen LogP contribution in [0.25, 0.3) is 0 Å². The summed E-state index contributed by atoms with van der Waals surface area (Å²) in [4.78, 5) is 10.9. The number of H-pyrrole nitrogens is 1. The first kappa shape index (κ1) is 13.8. The summed E-state index contributed by atoms with van der Waals surface area (Å²) in [6, 6.07) is 1.25. The molecule has 0 spiro atoms. The van der Waals surface area contributed by atoms with E-state index in [1.807, 2.05) is 0 Å². The molecule has 19 heavy (non-hydrogen) atoms. The summed E-state index contributed by atoms with van der Waals surface area (Å²) < 4.78 is 31.3. The second-order valence-corrected chi connectivity index (χ2v) is 6.29. The molecule has 0 aliphatic heterocycles. The Morgan fingerprint density at radius 1 is 1.68 bits per heavy atom. The number of hydrogen-bond acceptors (Lipinski definition) is 5. The number of methoxy groups -OCH3 is 1. The highest BCUT2D eigenvalue weighted by Crippen LogP contribution is 2.34. The third-order valence-electron chi connectivity index (χ3n) is 2.94. The minimum Gasteiger partial charge on any atom is -0.380 e. The van der Waals surface area contributed by atoms with Gasteiger partial charge in [-0.15, -0.1) is 0 Å². The average Bonchev–Trinajstić information content (AvgIpc) is 3.06. The van der Waals surface area contributed by atoms with Crippen LogP contribution in [0.2, 0.25) is 0 Å². The number of hydrogen-bond donors (Lipinski definition) is 3. The summed E-state index contributed by atoms with van der Waals surface area (Å²) in [5.41, 5.74) is 5.08. The number of carbonyl (C=O) groups is 1. The third kappa shape index (κ3) is 3.67. The zero-order valence-electron chi connectivity index (χ0n) is 10.4. The van der Waals surface area contributed by atoms with E-state index in [1.54, 1.807) is 0 Å². The predicted octanol–water partition coefficient (Wildman–Crippen LogP) is -0.325. The predicted molar refractivity (Wildman–Crippen MR) is 68.0 cm³/mol. The molecule has 1 aromatic heterocycles. The number of ether oxygens (including phenoxy) is 1. The molecule has 1 atom stereocenters. The smallest absolute Gasteiger partial charge is 0.266 e. The summed E-state index contributed by atoms with van der Waals surface area (Å²) in [5.74, 6) is -0.487. The fourth-order valence-corrected chi connectivity index (χ4v) is 3.13. The first-order valence-electron chi connectivity index (χ1n) is 5.80. The zero-order chi connectivity index (χ0) is 14.0. The van der Waals surface area contributed by atoms with E-state index in [-0.39, 0.29) is 23.4 Å². The summed E-state index contributed by atoms with van der Waals surface area (Å²) in [6.07, 6.45) is 1.66. The molecule has 1 aromatic rings. The lowest BCUT2D eigenvalue weighted by Gasteiger charge is -2.14. The summed E-state index contributed by atoms with van der Waals surface area (Å²) in [6.45, 7) is 0. The number of aromatic amines is 1. The lowest BCUT2D eigenvalue weighted by atomic mass is 10.3. The van der Waals surface area contributed by atoms with E-state index in [2.05, 4.69) is 14.9 Å². The van der Waals surface area contributed by atoms with Crippen LogP contribution in [-0.4, -0.2) is 43.5 Å². The molecule has 1 aliphatic rings. The van der Waals surface area contributed by atoms with Gasteiger partial charge in [-0.25, -0.2) is 8.42 Å². The molecule has 1 aliphatic carbocycles. The van der Waals surface area contributed by atoms with Crippen molar-refractivity contribution >= 4 is 21.7 Å². The van der Waals surface area contributed by atoms with E-state index in [4.69, 9.17) is 10.5 Å². The van der Waals surface area contributed by atoms with Crippen LogP contribution >= 0.6 is 0 Å². The normalized spacial score (nSPS) is 17.1. The minimum absolute atomic E-state index is 0.0412. The average molecular weight is 288 g/mol. The highest BCUT2D eigenvalue weighted by molar-refractivity contribution is 7.92. The fourth-order valence-electron chi connectivity index (χ4n) is 1.78. The lowest BCUT2D eigenvalue weighted by molar-refractivity contribution is 0.0995. The Labute approximate surface area is 110 Å². The van der Waals surface area contributed by atoms with E-state index in [9.17, 15) is 13.2 Å². The largest absolute Gasteiger partial charge is 0.380 e. The Morgan fingerprint density at radius 2 is 2.37 bits per heavy atom. The molecule has 0 radical (unpaired) electrons. The molecule has 1 heterocycles. The van der Waals surface area contributed by atoms with Gasteiger partial charge in [0.1, 0.15) is 5.69 Å². The van der Waals surface area contributed by atoms with Gasteiger partial charge in [-0.05, 0) is 18.8 Å². The maximum absolute atomic E-state index is 11.9. The molecule has 0 aromatic carbocycles. The standard InChI is InChI=1S/C10H16N4O4S/c1-18-8(6-2-3-6)5-19(16,17)14-9-4-7(10(11)15)12-13-9/h4,6,8H,2-3,5H2,1H3,(H2,11,15)(H2,12,13,14). The quantitative estimate of drug-likeness (QED) is 0.633. The molecule has 1 fully saturated rings. The molecule has 8 nitrogen and oxygen atoms in total. The van der Waals surface area contributed by atoms with Gasteiger partial charge in [-0.2, -0.15) is 5.10 Å². The zero-order valence-corrected chi connectivity index (χ0v) is 11.2.